The number of carbonyl (C=O) groups excluding carboxylic acids is 1. The molecule has 172 valence electrons. The lowest BCUT2D eigenvalue weighted by Crippen LogP contribution is -2.65. The Labute approximate surface area is 187 Å². The Morgan fingerprint density at radius 2 is 2.00 bits per heavy atom. The van der Waals surface area contributed by atoms with Gasteiger partial charge in [-0.1, -0.05) is 6.07 Å². The van der Waals surface area contributed by atoms with Gasteiger partial charge in [0, 0.05) is 24.9 Å². The molecule has 1 amide bonds. The molecule has 2 N–H and O–H groups in total. The van der Waals surface area contributed by atoms with Crippen LogP contribution in [-0.2, 0) is 11.3 Å². The first-order valence-electron chi connectivity index (χ1n) is 11.7. The van der Waals surface area contributed by atoms with Crippen molar-refractivity contribution in [2.45, 2.75) is 63.1 Å². The van der Waals surface area contributed by atoms with Crippen LogP contribution in [0.25, 0.3) is 10.9 Å². The van der Waals surface area contributed by atoms with Gasteiger partial charge >= 0.3 is 0 Å². The Bertz CT molecular complexity index is 1090. The fourth-order valence-electron chi connectivity index (χ4n) is 6.90. The first kappa shape index (κ1) is 21.5. The highest BCUT2D eigenvalue weighted by atomic mass is 16.5. The molecule has 4 atom stereocenters. The van der Waals surface area contributed by atoms with Crippen molar-refractivity contribution in [1.82, 2.24) is 9.88 Å². The van der Waals surface area contributed by atoms with Crippen LogP contribution in [-0.4, -0.2) is 47.0 Å². The molecule has 1 heterocycles. The number of carbonyl (C=O) groups is 1. The average Bonchev–Trinajstić information content (AvgIpc) is 2.72. The Morgan fingerprint density at radius 1 is 1.25 bits per heavy atom. The maximum atomic E-state index is 13.5. The van der Waals surface area contributed by atoms with Gasteiger partial charge in [0.25, 0.3) is 5.91 Å². The predicted octanol–water partition coefficient (Wildman–Crippen LogP) is 2.86. The summed E-state index contributed by atoms with van der Waals surface area (Å²) in [5, 5.41) is 14.7. The number of aromatic nitrogens is 1. The Hall–Kier alpha value is -2.38. The summed E-state index contributed by atoms with van der Waals surface area (Å²) < 4.78 is 12.9. The number of benzene rings is 1. The molecule has 32 heavy (non-hydrogen) atoms. The number of para-hydroxylation sites is 1. The van der Waals surface area contributed by atoms with E-state index in [1.165, 1.54) is 0 Å². The minimum atomic E-state index is -0.675. The number of hydrogen-bond acceptors (Lipinski definition) is 5. The van der Waals surface area contributed by atoms with Crippen molar-refractivity contribution >= 4 is 16.8 Å². The van der Waals surface area contributed by atoms with E-state index >= 15 is 0 Å². The highest BCUT2D eigenvalue weighted by molar-refractivity contribution is 5.98. The van der Waals surface area contributed by atoms with Crippen molar-refractivity contribution in [2.24, 2.45) is 11.8 Å². The number of ether oxygens (including phenoxy) is 2. The SMILES string of the molecule is CCOCCn1cc(C(=O)N[C@]23C[C@@H]4C[C@@H](C[C@@](O)(C4)C2)C3)c(=O)c2cccc(OC)c21. The lowest BCUT2D eigenvalue weighted by Gasteiger charge is -2.60. The predicted molar refractivity (Wildman–Crippen MR) is 121 cm³/mol. The van der Waals surface area contributed by atoms with Gasteiger partial charge in [0.1, 0.15) is 11.3 Å². The van der Waals surface area contributed by atoms with E-state index in [4.69, 9.17) is 9.47 Å². The topological polar surface area (TPSA) is 89.8 Å². The van der Waals surface area contributed by atoms with Gasteiger partial charge in [-0.3, -0.25) is 9.59 Å². The molecule has 4 aliphatic carbocycles. The number of rotatable bonds is 7. The van der Waals surface area contributed by atoms with E-state index in [2.05, 4.69) is 5.32 Å². The third-order valence-corrected chi connectivity index (χ3v) is 7.61. The lowest BCUT2D eigenvalue weighted by molar-refractivity contribution is -0.139. The maximum Gasteiger partial charge on any atom is 0.257 e. The van der Waals surface area contributed by atoms with Gasteiger partial charge in [-0.15, -0.1) is 0 Å². The molecule has 7 nitrogen and oxygen atoms in total. The van der Waals surface area contributed by atoms with Crippen LogP contribution in [0.15, 0.2) is 29.2 Å². The number of methoxy groups -OCH3 is 1. The zero-order valence-electron chi connectivity index (χ0n) is 18.9. The van der Waals surface area contributed by atoms with Crippen molar-refractivity contribution in [3.8, 4) is 5.75 Å². The smallest absolute Gasteiger partial charge is 0.257 e. The molecule has 1 aromatic carbocycles. The fraction of sp³-hybridized carbons (Fsp3) is 0.600. The molecule has 0 spiro atoms. The molecule has 4 aliphatic rings. The third kappa shape index (κ3) is 3.61. The summed E-state index contributed by atoms with van der Waals surface area (Å²) in [7, 11) is 1.57. The number of aliphatic hydroxyl groups is 1. The zero-order chi connectivity index (χ0) is 22.5. The highest BCUT2D eigenvalue weighted by Crippen LogP contribution is 2.57. The van der Waals surface area contributed by atoms with Gasteiger partial charge in [0.05, 0.1) is 30.2 Å². The van der Waals surface area contributed by atoms with E-state index in [0.29, 0.717) is 54.7 Å². The number of nitrogens with one attached hydrogen (secondary N) is 1. The van der Waals surface area contributed by atoms with Crippen molar-refractivity contribution in [3.05, 3.63) is 40.2 Å². The second-order valence-corrected chi connectivity index (χ2v) is 10.0. The molecule has 0 aliphatic heterocycles. The van der Waals surface area contributed by atoms with Crippen molar-refractivity contribution in [2.75, 3.05) is 20.3 Å². The highest BCUT2D eigenvalue weighted by Gasteiger charge is 2.57. The van der Waals surface area contributed by atoms with E-state index in [0.717, 1.165) is 32.1 Å². The number of nitrogens with zero attached hydrogens (tertiary/aromatic N) is 1. The van der Waals surface area contributed by atoms with Crippen LogP contribution in [0, 0.1) is 11.8 Å². The largest absolute Gasteiger partial charge is 0.495 e. The van der Waals surface area contributed by atoms with Gasteiger partial charge in [-0.2, -0.15) is 0 Å². The molecule has 0 unspecified atom stereocenters. The van der Waals surface area contributed by atoms with Crippen molar-refractivity contribution < 1.29 is 19.4 Å². The van der Waals surface area contributed by atoms with Gasteiger partial charge in [0.15, 0.2) is 0 Å². The molecule has 1 aromatic heterocycles. The first-order chi connectivity index (χ1) is 15.4. The second-order valence-electron chi connectivity index (χ2n) is 10.0. The minimum absolute atomic E-state index is 0.130. The number of pyridine rings is 1. The van der Waals surface area contributed by atoms with E-state index in [-0.39, 0.29) is 16.9 Å². The maximum absolute atomic E-state index is 13.5. The molecular formula is C25H32N2O5. The lowest BCUT2D eigenvalue weighted by atomic mass is 9.51. The molecule has 4 fully saturated rings. The Kier molecular flexibility index (Phi) is 5.29. The Morgan fingerprint density at radius 3 is 2.66 bits per heavy atom. The summed E-state index contributed by atoms with van der Waals surface area (Å²) in [5.41, 5.74) is -0.592. The fourth-order valence-corrected chi connectivity index (χ4v) is 6.90. The van der Waals surface area contributed by atoms with Crippen LogP contribution in [0.2, 0.25) is 0 Å². The molecule has 4 saturated carbocycles. The second kappa shape index (κ2) is 7.89. The molecule has 2 aromatic rings. The normalized spacial score (nSPS) is 30.6. The van der Waals surface area contributed by atoms with Crippen LogP contribution in [0.5, 0.6) is 5.75 Å². The van der Waals surface area contributed by atoms with Crippen LogP contribution in [0.1, 0.15) is 55.8 Å². The van der Waals surface area contributed by atoms with Crippen molar-refractivity contribution in [1.29, 1.82) is 0 Å². The number of hydrogen-bond donors (Lipinski definition) is 2. The summed E-state index contributed by atoms with van der Waals surface area (Å²) in [5.74, 6) is 1.14. The monoisotopic (exact) mass is 440 g/mol. The van der Waals surface area contributed by atoms with E-state index in [1.807, 2.05) is 17.6 Å². The van der Waals surface area contributed by atoms with Crippen LogP contribution >= 0.6 is 0 Å². The van der Waals surface area contributed by atoms with Gasteiger partial charge in [-0.25, -0.2) is 0 Å². The molecular weight excluding hydrogens is 408 g/mol. The molecule has 4 bridgehead atoms. The van der Waals surface area contributed by atoms with Crippen LogP contribution in [0.4, 0.5) is 0 Å². The quantitative estimate of drug-likeness (QED) is 0.647. The van der Waals surface area contributed by atoms with Gasteiger partial charge < -0.3 is 24.5 Å². The standard InChI is InChI=1S/C25H32N2O5/c1-3-32-8-7-27-14-19(22(28)18-5-4-6-20(31-2)21(18)27)23(29)26-24-10-16-9-17(11-24)13-25(30,12-16)15-24/h4-6,14,16-17,30H,3,7-13,15H2,1-2H3,(H,26,29)/t16-,17+,24-,25-. The van der Waals surface area contributed by atoms with E-state index in [1.54, 1.807) is 25.4 Å². The van der Waals surface area contributed by atoms with E-state index in [9.17, 15) is 14.7 Å². The number of amides is 1. The average molecular weight is 441 g/mol. The van der Waals surface area contributed by atoms with Gasteiger partial charge in [0.2, 0.25) is 5.43 Å². The van der Waals surface area contributed by atoms with Crippen molar-refractivity contribution in [3.63, 3.8) is 0 Å². The van der Waals surface area contributed by atoms with Gasteiger partial charge in [-0.05, 0) is 69.4 Å². The summed E-state index contributed by atoms with van der Waals surface area (Å²) >= 11 is 0. The Balaban J connectivity index is 1.52. The van der Waals surface area contributed by atoms with E-state index < -0.39 is 11.1 Å². The minimum Gasteiger partial charge on any atom is -0.495 e. The van der Waals surface area contributed by atoms with Crippen LogP contribution in [0.3, 0.4) is 0 Å². The van der Waals surface area contributed by atoms with Crippen LogP contribution < -0.4 is 15.5 Å². The first-order valence-corrected chi connectivity index (χ1v) is 11.7. The summed E-state index contributed by atoms with van der Waals surface area (Å²) in [6.45, 7) is 3.49. The molecule has 7 heteroatoms. The summed E-state index contributed by atoms with van der Waals surface area (Å²) in [6, 6.07) is 5.32. The third-order valence-electron chi connectivity index (χ3n) is 7.61. The zero-order valence-corrected chi connectivity index (χ0v) is 18.9. The molecule has 0 saturated heterocycles. The summed E-state index contributed by atoms with van der Waals surface area (Å²) in [6.07, 6.45) is 6.80. The molecule has 6 rings (SSSR count). The summed E-state index contributed by atoms with van der Waals surface area (Å²) in [4.78, 5) is 26.8. The number of fused-ring (bicyclic) bond motifs is 1. The molecule has 0 radical (unpaired) electrons.